The van der Waals surface area contributed by atoms with Crippen LogP contribution in [-0.4, -0.2) is 54.6 Å². The van der Waals surface area contributed by atoms with Crippen molar-refractivity contribution in [2.75, 3.05) is 33.0 Å². The van der Waals surface area contributed by atoms with E-state index in [0.717, 1.165) is 17.7 Å². The van der Waals surface area contributed by atoms with Gasteiger partial charge in [0.05, 0.1) is 6.04 Å². The maximum absolute atomic E-state index is 13.7. The number of carbonyl (C=O) groups is 2. The number of amides is 2. The van der Waals surface area contributed by atoms with Crippen molar-refractivity contribution in [1.82, 2.24) is 9.80 Å². The molecule has 2 amide bonds. The molecule has 0 spiro atoms. The second kappa shape index (κ2) is 10.8. The van der Waals surface area contributed by atoms with Crippen LogP contribution in [0, 0.1) is 12.8 Å². The molecular weight excluding hydrogens is 488 g/mol. The summed E-state index contributed by atoms with van der Waals surface area (Å²) in [4.78, 5) is 32.1. The minimum Gasteiger partial charge on any atom is -0.491 e. The predicted molar refractivity (Wildman–Crippen MR) is 142 cm³/mol. The fourth-order valence-corrected chi connectivity index (χ4v) is 5.74. The van der Waals surface area contributed by atoms with E-state index in [1.807, 2.05) is 49.9 Å². The zero-order valence-electron chi connectivity index (χ0n) is 21.4. The lowest BCUT2D eigenvalue weighted by atomic mass is 10.00. The topological polar surface area (TPSA) is 68.3 Å². The van der Waals surface area contributed by atoms with Crippen LogP contribution in [0.25, 0.3) is 0 Å². The van der Waals surface area contributed by atoms with Crippen molar-refractivity contribution >= 4 is 23.2 Å². The highest BCUT2D eigenvalue weighted by atomic mass is 32.1. The van der Waals surface area contributed by atoms with Crippen LogP contribution in [0.5, 0.6) is 17.2 Å². The summed E-state index contributed by atoms with van der Waals surface area (Å²) >= 11 is 1.72. The predicted octanol–water partition coefficient (Wildman–Crippen LogP) is 5.09. The fraction of sp³-hybridized carbons (Fsp3) is 0.379. The summed E-state index contributed by atoms with van der Waals surface area (Å²) in [6.07, 6.45) is 0.806. The molecule has 7 nitrogen and oxygen atoms in total. The summed E-state index contributed by atoms with van der Waals surface area (Å²) in [5.41, 5.74) is 2.78. The van der Waals surface area contributed by atoms with Crippen LogP contribution < -0.4 is 14.2 Å². The maximum Gasteiger partial charge on any atom is 0.254 e. The molecule has 2 aliphatic heterocycles. The summed E-state index contributed by atoms with van der Waals surface area (Å²) in [6, 6.07) is 15.0. The van der Waals surface area contributed by atoms with Crippen LogP contribution >= 0.6 is 11.3 Å². The molecule has 194 valence electrons. The number of benzene rings is 2. The normalized spacial score (nSPS) is 16.0. The molecule has 1 aromatic heterocycles. The Hall–Kier alpha value is -3.52. The Morgan fingerprint density at radius 3 is 2.68 bits per heavy atom. The Balaban J connectivity index is 1.34. The van der Waals surface area contributed by atoms with Gasteiger partial charge in [-0.05, 0) is 66.6 Å². The third-order valence-corrected chi connectivity index (χ3v) is 7.66. The molecular formula is C29H32N2O5S. The number of rotatable bonds is 8. The van der Waals surface area contributed by atoms with Crippen molar-refractivity contribution in [1.29, 1.82) is 0 Å². The minimum absolute atomic E-state index is 0.00591. The van der Waals surface area contributed by atoms with Gasteiger partial charge in [0.2, 0.25) is 12.7 Å². The highest BCUT2D eigenvalue weighted by molar-refractivity contribution is 7.10. The zero-order chi connectivity index (χ0) is 25.9. The summed E-state index contributed by atoms with van der Waals surface area (Å²) in [6.45, 7) is 7.71. The Morgan fingerprint density at radius 1 is 1.11 bits per heavy atom. The second-order valence-corrected chi connectivity index (χ2v) is 10.9. The number of hydrogen-bond acceptors (Lipinski definition) is 6. The Morgan fingerprint density at radius 2 is 1.89 bits per heavy atom. The molecule has 3 aromatic rings. The molecule has 5 rings (SSSR count). The molecule has 8 heteroatoms. The molecule has 0 aliphatic carbocycles. The van der Waals surface area contributed by atoms with Crippen molar-refractivity contribution in [3.8, 4) is 17.2 Å². The molecule has 0 saturated carbocycles. The molecule has 2 aromatic carbocycles. The lowest BCUT2D eigenvalue weighted by Gasteiger charge is -2.37. The van der Waals surface area contributed by atoms with E-state index < -0.39 is 0 Å². The third-order valence-electron chi connectivity index (χ3n) is 6.66. The van der Waals surface area contributed by atoms with Crippen LogP contribution in [-0.2, 0) is 11.2 Å². The quantitative estimate of drug-likeness (QED) is 0.414. The number of ether oxygens (including phenoxy) is 3. The van der Waals surface area contributed by atoms with Gasteiger partial charge in [0.25, 0.3) is 5.91 Å². The standard InChI is InChI=1S/C29H32N2O5S/c1-19(2)15-30(29(33)21-6-9-25-26(14-21)36-18-35-25)16-28(32)31-12-10-27-23(11-13-37-27)24(31)17-34-22-7-4-20(3)5-8-22/h4-9,11,13-14,19,24H,10,12,15-18H2,1-3H3. The van der Waals surface area contributed by atoms with E-state index >= 15 is 0 Å². The van der Waals surface area contributed by atoms with E-state index in [2.05, 4.69) is 11.4 Å². The molecule has 0 bridgehead atoms. The number of fused-ring (bicyclic) bond motifs is 2. The smallest absolute Gasteiger partial charge is 0.254 e. The van der Waals surface area contributed by atoms with E-state index in [1.165, 1.54) is 10.4 Å². The Labute approximate surface area is 221 Å². The van der Waals surface area contributed by atoms with Crippen LogP contribution in [0.2, 0.25) is 0 Å². The summed E-state index contributed by atoms with van der Waals surface area (Å²) < 4.78 is 17.0. The van der Waals surface area contributed by atoms with Crippen molar-refractivity contribution in [3.05, 3.63) is 75.5 Å². The van der Waals surface area contributed by atoms with Crippen molar-refractivity contribution < 1.29 is 23.8 Å². The van der Waals surface area contributed by atoms with Gasteiger partial charge in [-0.15, -0.1) is 11.3 Å². The maximum atomic E-state index is 13.7. The van der Waals surface area contributed by atoms with Crippen LogP contribution in [0.4, 0.5) is 0 Å². The van der Waals surface area contributed by atoms with Gasteiger partial charge in [-0.2, -0.15) is 0 Å². The molecule has 0 saturated heterocycles. The summed E-state index contributed by atoms with van der Waals surface area (Å²) in [5.74, 6) is 1.89. The monoisotopic (exact) mass is 520 g/mol. The first-order valence-electron chi connectivity index (χ1n) is 12.6. The number of thiophene rings is 1. The van der Waals surface area contributed by atoms with Crippen LogP contribution in [0.15, 0.2) is 53.9 Å². The Kier molecular flexibility index (Phi) is 7.37. The largest absolute Gasteiger partial charge is 0.491 e. The highest BCUT2D eigenvalue weighted by Gasteiger charge is 2.34. The number of carbonyl (C=O) groups excluding carboxylic acids is 2. The number of nitrogens with zero attached hydrogens (tertiary/aromatic N) is 2. The van der Waals surface area contributed by atoms with Gasteiger partial charge in [0.15, 0.2) is 11.5 Å². The van der Waals surface area contributed by atoms with Gasteiger partial charge in [0, 0.05) is 23.5 Å². The number of aryl methyl sites for hydroxylation is 1. The summed E-state index contributed by atoms with van der Waals surface area (Å²) in [5, 5.41) is 2.08. The highest BCUT2D eigenvalue weighted by Crippen LogP contribution is 2.35. The summed E-state index contributed by atoms with van der Waals surface area (Å²) in [7, 11) is 0. The van der Waals surface area contributed by atoms with Gasteiger partial charge in [-0.3, -0.25) is 9.59 Å². The molecule has 0 N–H and O–H groups in total. The zero-order valence-corrected chi connectivity index (χ0v) is 22.3. The van der Waals surface area contributed by atoms with Crippen molar-refractivity contribution in [2.45, 2.75) is 33.2 Å². The number of hydrogen-bond donors (Lipinski definition) is 0. The first-order valence-corrected chi connectivity index (χ1v) is 13.5. The van der Waals surface area contributed by atoms with Gasteiger partial charge in [0.1, 0.15) is 18.9 Å². The third kappa shape index (κ3) is 5.59. The molecule has 2 aliphatic rings. The molecule has 37 heavy (non-hydrogen) atoms. The average molecular weight is 521 g/mol. The molecule has 3 heterocycles. The lowest BCUT2D eigenvalue weighted by Crippen LogP contribution is -2.48. The van der Waals surface area contributed by atoms with E-state index in [4.69, 9.17) is 14.2 Å². The van der Waals surface area contributed by atoms with Gasteiger partial charge >= 0.3 is 0 Å². The van der Waals surface area contributed by atoms with Gasteiger partial charge in [-0.1, -0.05) is 31.5 Å². The molecule has 0 radical (unpaired) electrons. The first kappa shape index (κ1) is 25.1. The van der Waals surface area contributed by atoms with E-state index in [0.29, 0.717) is 36.8 Å². The average Bonchev–Trinajstić information content (AvgIpc) is 3.56. The van der Waals surface area contributed by atoms with E-state index in [9.17, 15) is 9.59 Å². The molecule has 0 fully saturated rings. The van der Waals surface area contributed by atoms with Crippen LogP contribution in [0.1, 0.15) is 46.3 Å². The van der Waals surface area contributed by atoms with Gasteiger partial charge < -0.3 is 24.0 Å². The van der Waals surface area contributed by atoms with E-state index in [1.54, 1.807) is 34.4 Å². The van der Waals surface area contributed by atoms with E-state index in [-0.39, 0.29) is 37.1 Å². The van der Waals surface area contributed by atoms with Crippen molar-refractivity contribution in [3.63, 3.8) is 0 Å². The van der Waals surface area contributed by atoms with Crippen LogP contribution in [0.3, 0.4) is 0 Å². The second-order valence-electron chi connectivity index (χ2n) is 9.92. The van der Waals surface area contributed by atoms with Gasteiger partial charge in [-0.25, -0.2) is 0 Å². The van der Waals surface area contributed by atoms with Crippen molar-refractivity contribution in [2.24, 2.45) is 5.92 Å². The minimum atomic E-state index is -0.203. The fourth-order valence-electron chi connectivity index (χ4n) is 4.81. The molecule has 1 atom stereocenters. The Bertz CT molecular complexity index is 1270. The lowest BCUT2D eigenvalue weighted by molar-refractivity contribution is -0.135. The molecule has 1 unspecified atom stereocenters. The SMILES string of the molecule is Cc1ccc(OCC2c3ccsc3CCN2C(=O)CN(CC(C)C)C(=O)c2ccc3c(c2)OCO3)cc1. The first-order chi connectivity index (χ1) is 17.9.